The van der Waals surface area contributed by atoms with Crippen molar-refractivity contribution in [2.24, 2.45) is 0 Å². The second-order valence-electron chi connectivity index (χ2n) is 5.81. The smallest absolute Gasteiger partial charge is 0.0103 e. The normalized spacial score (nSPS) is 12.1. The van der Waals surface area contributed by atoms with E-state index in [-0.39, 0.29) is 0 Å². The van der Waals surface area contributed by atoms with E-state index in [1.165, 1.54) is 27.8 Å². The zero-order chi connectivity index (χ0) is 15.4. The molecule has 110 valence electrons. The lowest BCUT2D eigenvalue weighted by Gasteiger charge is -2.17. The molecule has 1 atom stereocenters. The highest BCUT2D eigenvalue weighted by atomic mass is 14.2. The SMILES string of the molecule is CCC(C)c1ccccc1-c1ccccc1-c1ccccc1. The summed E-state index contributed by atoms with van der Waals surface area (Å²) in [6.07, 6.45) is 1.16. The Morgan fingerprint density at radius 2 is 1.18 bits per heavy atom. The Bertz CT molecular complexity index is 741. The molecule has 0 heteroatoms. The fourth-order valence-corrected chi connectivity index (χ4v) is 2.98. The van der Waals surface area contributed by atoms with Gasteiger partial charge in [0.2, 0.25) is 0 Å². The molecule has 0 N–H and O–H groups in total. The van der Waals surface area contributed by atoms with E-state index in [9.17, 15) is 0 Å². The van der Waals surface area contributed by atoms with Crippen LogP contribution in [0.5, 0.6) is 0 Å². The summed E-state index contributed by atoms with van der Waals surface area (Å²) in [6, 6.07) is 28.2. The molecule has 0 saturated heterocycles. The van der Waals surface area contributed by atoms with Crippen molar-refractivity contribution in [3.8, 4) is 22.3 Å². The van der Waals surface area contributed by atoms with E-state index in [1.807, 2.05) is 0 Å². The van der Waals surface area contributed by atoms with Gasteiger partial charge in [-0.2, -0.15) is 0 Å². The van der Waals surface area contributed by atoms with Gasteiger partial charge in [-0.05, 0) is 40.2 Å². The largest absolute Gasteiger partial charge is 0.0648 e. The number of hydrogen-bond acceptors (Lipinski definition) is 0. The van der Waals surface area contributed by atoms with E-state index in [1.54, 1.807) is 0 Å². The molecule has 0 amide bonds. The third-order valence-electron chi connectivity index (χ3n) is 4.41. The van der Waals surface area contributed by atoms with Gasteiger partial charge < -0.3 is 0 Å². The van der Waals surface area contributed by atoms with E-state index in [2.05, 4.69) is 92.7 Å². The van der Waals surface area contributed by atoms with E-state index in [0.29, 0.717) is 5.92 Å². The van der Waals surface area contributed by atoms with Gasteiger partial charge in [-0.1, -0.05) is 92.7 Å². The highest BCUT2D eigenvalue weighted by molar-refractivity contribution is 5.85. The lowest BCUT2D eigenvalue weighted by molar-refractivity contribution is 0.735. The van der Waals surface area contributed by atoms with Gasteiger partial charge in [-0.3, -0.25) is 0 Å². The average Bonchev–Trinajstić information content (AvgIpc) is 2.62. The molecular weight excluding hydrogens is 264 g/mol. The van der Waals surface area contributed by atoms with Gasteiger partial charge in [0.25, 0.3) is 0 Å². The summed E-state index contributed by atoms with van der Waals surface area (Å²) in [4.78, 5) is 0. The molecule has 3 aromatic rings. The predicted molar refractivity (Wildman–Crippen MR) is 96.0 cm³/mol. The summed E-state index contributed by atoms with van der Waals surface area (Å²) < 4.78 is 0. The quantitative estimate of drug-likeness (QED) is 0.511. The van der Waals surface area contributed by atoms with Crippen LogP contribution in [0, 0.1) is 0 Å². The predicted octanol–water partition coefficient (Wildman–Crippen LogP) is 6.53. The molecule has 0 heterocycles. The van der Waals surface area contributed by atoms with Gasteiger partial charge in [-0.25, -0.2) is 0 Å². The van der Waals surface area contributed by atoms with Crippen molar-refractivity contribution in [3.05, 3.63) is 84.4 Å². The highest BCUT2D eigenvalue weighted by Gasteiger charge is 2.13. The lowest BCUT2D eigenvalue weighted by atomic mass is 9.87. The molecule has 0 bridgehead atoms. The lowest BCUT2D eigenvalue weighted by Crippen LogP contribution is -1.96. The fourth-order valence-electron chi connectivity index (χ4n) is 2.98. The molecule has 0 saturated carbocycles. The maximum Gasteiger partial charge on any atom is -0.0103 e. The summed E-state index contributed by atoms with van der Waals surface area (Å²) in [6.45, 7) is 4.56. The molecule has 22 heavy (non-hydrogen) atoms. The Kier molecular flexibility index (Phi) is 4.39. The highest BCUT2D eigenvalue weighted by Crippen LogP contribution is 2.36. The standard InChI is InChI=1S/C22H22/c1-3-17(2)19-13-7-9-15-21(19)22-16-10-8-14-20(22)18-11-5-4-6-12-18/h4-17H,3H2,1-2H3. The van der Waals surface area contributed by atoms with Crippen molar-refractivity contribution in [3.63, 3.8) is 0 Å². The molecule has 0 aromatic heterocycles. The topological polar surface area (TPSA) is 0 Å². The third kappa shape index (κ3) is 2.82. The van der Waals surface area contributed by atoms with Crippen LogP contribution in [-0.4, -0.2) is 0 Å². The third-order valence-corrected chi connectivity index (χ3v) is 4.41. The van der Waals surface area contributed by atoms with Crippen LogP contribution >= 0.6 is 0 Å². The summed E-state index contributed by atoms with van der Waals surface area (Å²) in [5.41, 5.74) is 6.70. The van der Waals surface area contributed by atoms with Crippen molar-refractivity contribution in [2.75, 3.05) is 0 Å². The summed E-state index contributed by atoms with van der Waals surface area (Å²) in [5, 5.41) is 0. The second kappa shape index (κ2) is 6.62. The molecular formula is C22H22. The molecule has 0 radical (unpaired) electrons. The molecule has 0 aliphatic carbocycles. The Hall–Kier alpha value is -2.34. The Balaban J connectivity index is 2.19. The van der Waals surface area contributed by atoms with Gasteiger partial charge in [0.1, 0.15) is 0 Å². The zero-order valence-corrected chi connectivity index (χ0v) is 13.3. The molecule has 0 aliphatic heterocycles. The van der Waals surface area contributed by atoms with Gasteiger partial charge in [0.05, 0.1) is 0 Å². The van der Waals surface area contributed by atoms with Crippen LogP contribution in [0.25, 0.3) is 22.3 Å². The van der Waals surface area contributed by atoms with Crippen molar-refractivity contribution < 1.29 is 0 Å². The van der Waals surface area contributed by atoms with E-state index >= 15 is 0 Å². The van der Waals surface area contributed by atoms with E-state index in [4.69, 9.17) is 0 Å². The second-order valence-corrected chi connectivity index (χ2v) is 5.81. The Labute approximate surface area is 133 Å². The molecule has 0 fully saturated rings. The van der Waals surface area contributed by atoms with Crippen LogP contribution in [0.15, 0.2) is 78.9 Å². The minimum Gasteiger partial charge on any atom is -0.0648 e. The minimum absolute atomic E-state index is 0.569. The monoisotopic (exact) mass is 286 g/mol. The van der Waals surface area contributed by atoms with Gasteiger partial charge in [0.15, 0.2) is 0 Å². The van der Waals surface area contributed by atoms with Crippen molar-refractivity contribution in [1.29, 1.82) is 0 Å². The van der Waals surface area contributed by atoms with Crippen molar-refractivity contribution >= 4 is 0 Å². The zero-order valence-electron chi connectivity index (χ0n) is 13.3. The van der Waals surface area contributed by atoms with Crippen LogP contribution in [0.1, 0.15) is 31.7 Å². The minimum atomic E-state index is 0.569. The molecule has 0 aliphatic rings. The Morgan fingerprint density at radius 3 is 1.86 bits per heavy atom. The first-order valence-electron chi connectivity index (χ1n) is 8.05. The maximum atomic E-state index is 2.31. The van der Waals surface area contributed by atoms with Gasteiger partial charge in [0, 0.05) is 0 Å². The molecule has 0 nitrogen and oxygen atoms in total. The molecule has 3 aromatic carbocycles. The van der Waals surface area contributed by atoms with Crippen LogP contribution in [-0.2, 0) is 0 Å². The summed E-state index contributed by atoms with van der Waals surface area (Å²) >= 11 is 0. The first-order chi connectivity index (χ1) is 10.8. The fraction of sp³-hybridized carbons (Fsp3) is 0.182. The first kappa shape index (κ1) is 14.6. The number of rotatable bonds is 4. The maximum absolute atomic E-state index is 2.31. The van der Waals surface area contributed by atoms with Crippen LogP contribution < -0.4 is 0 Å². The van der Waals surface area contributed by atoms with Crippen molar-refractivity contribution in [1.82, 2.24) is 0 Å². The van der Waals surface area contributed by atoms with Crippen LogP contribution in [0.4, 0.5) is 0 Å². The summed E-state index contributed by atoms with van der Waals surface area (Å²) in [5.74, 6) is 0.569. The van der Waals surface area contributed by atoms with Gasteiger partial charge in [-0.15, -0.1) is 0 Å². The number of hydrogen-bond donors (Lipinski definition) is 0. The molecule has 3 rings (SSSR count). The molecule has 1 unspecified atom stereocenters. The van der Waals surface area contributed by atoms with E-state index in [0.717, 1.165) is 6.42 Å². The van der Waals surface area contributed by atoms with Crippen LogP contribution in [0.2, 0.25) is 0 Å². The van der Waals surface area contributed by atoms with Gasteiger partial charge >= 0.3 is 0 Å². The Morgan fingerprint density at radius 1 is 0.636 bits per heavy atom. The summed E-state index contributed by atoms with van der Waals surface area (Å²) in [7, 11) is 0. The first-order valence-corrected chi connectivity index (χ1v) is 8.05. The average molecular weight is 286 g/mol. The molecule has 0 spiro atoms. The van der Waals surface area contributed by atoms with Crippen molar-refractivity contribution in [2.45, 2.75) is 26.2 Å². The number of benzene rings is 3. The van der Waals surface area contributed by atoms with E-state index < -0.39 is 0 Å². The van der Waals surface area contributed by atoms with Crippen LogP contribution in [0.3, 0.4) is 0 Å².